The summed E-state index contributed by atoms with van der Waals surface area (Å²) in [6.45, 7) is 6.95. The van der Waals surface area contributed by atoms with Gasteiger partial charge in [0.05, 0.1) is 6.10 Å². The van der Waals surface area contributed by atoms with Crippen molar-refractivity contribution in [3.05, 3.63) is 0 Å². The van der Waals surface area contributed by atoms with E-state index in [9.17, 15) is 0 Å². The first-order valence-electron chi connectivity index (χ1n) is 7.24. The molecule has 2 saturated heterocycles. The zero-order valence-corrected chi connectivity index (χ0v) is 11.2. The first-order chi connectivity index (χ1) is 8.21. The molecule has 3 fully saturated rings. The molecule has 2 heterocycles. The summed E-state index contributed by atoms with van der Waals surface area (Å²) in [4.78, 5) is 2.57. The second-order valence-electron chi connectivity index (χ2n) is 6.38. The van der Waals surface area contributed by atoms with E-state index < -0.39 is 0 Å². The van der Waals surface area contributed by atoms with Gasteiger partial charge in [-0.1, -0.05) is 0 Å². The number of hydrogen-bond donors (Lipinski definition) is 1. The van der Waals surface area contributed by atoms with E-state index in [2.05, 4.69) is 24.2 Å². The smallest absolute Gasteiger partial charge is 0.0702 e. The van der Waals surface area contributed by atoms with Crippen LogP contribution in [-0.4, -0.2) is 50.3 Å². The molecule has 0 aromatic heterocycles. The number of likely N-dealkylation sites (N-methyl/N-ethyl adjacent to an activating group) is 1. The average Bonchev–Trinajstić information content (AvgIpc) is 2.77. The first-order valence-corrected chi connectivity index (χ1v) is 7.24. The molecule has 17 heavy (non-hydrogen) atoms. The van der Waals surface area contributed by atoms with Gasteiger partial charge >= 0.3 is 0 Å². The van der Waals surface area contributed by atoms with Crippen LogP contribution >= 0.6 is 0 Å². The summed E-state index contributed by atoms with van der Waals surface area (Å²) in [7, 11) is 2.29. The highest BCUT2D eigenvalue weighted by Crippen LogP contribution is 2.58. The molecule has 3 nitrogen and oxygen atoms in total. The molecule has 1 N–H and O–H groups in total. The van der Waals surface area contributed by atoms with E-state index in [0.29, 0.717) is 12.1 Å². The molecule has 3 aliphatic rings. The number of ether oxygens (including phenoxy) is 1. The molecule has 1 saturated carbocycles. The van der Waals surface area contributed by atoms with E-state index in [1.54, 1.807) is 0 Å². The minimum atomic E-state index is 0.433. The number of rotatable bonds is 3. The second kappa shape index (κ2) is 4.52. The molecule has 0 aromatic rings. The summed E-state index contributed by atoms with van der Waals surface area (Å²) in [6, 6.07) is 0.661. The van der Waals surface area contributed by atoms with Gasteiger partial charge in [0.25, 0.3) is 0 Å². The predicted octanol–water partition coefficient (Wildman–Crippen LogP) is 1.49. The SMILES string of the molecule is CC1OCCC1N(C)CC1CC12CCNCC2. The van der Waals surface area contributed by atoms with Crippen molar-refractivity contribution in [2.45, 2.75) is 44.8 Å². The first kappa shape index (κ1) is 11.9. The fourth-order valence-corrected chi connectivity index (χ4v) is 4.01. The quantitative estimate of drug-likeness (QED) is 0.806. The van der Waals surface area contributed by atoms with Gasteiger partial charge < -0.3 is 15.0 Å². The maximum Gasteiger partial charge on any atom is 0.0702 e. The van der Waals surface area contributed by atoms with E-state index >= 15 is 0 Å². The minimum absolute atomic E-state index is 0.433. The number of nitrogens with zero attached hydrogens (tertiary/aromatic N) is 1. The highest BCUT2D eigenvalue weighted by molar-refractivity contribution is 5.05. The molecule has 0 amide bonds. The van der Waals surface area contributed by atoms with Gasteiger partial charge in [-0.3, -0.25) is 0 Å². The largest absolute Gasteiger partial charge is 0.377 e. The fraction of sp³-hybridized carbons (Fsp3) is 1.00. The van der Waals surface area contributed by atoms with Gasteiger partial charge in [0.1, 0.15) is 0 Å². The van der Waals surface area contributed by atoms with E-state index in [-0.39, 0.29) is 0 Å². The Labute approximate surface area is 105 Å². The van der Waals surface area contributed by atoms with Gasteiger partial charge in [-0.25, -0.2) is 0 Å². The Morgan fingerprint density at radius 1 is 1.35 bits per heavy atom. The van der Waals surface area contributed by atoms with Gasteiger partial charge in [-0.15, -0.1) is 0 Å². The van der Waals surface area contributed by atoms with Crippen LogP contribution in [0.5, 0.6) is 0 Å². The molecule has 1 spiro atoms. The average molecular weight is 238 g/mol. The third kappa shape index (κ3) is 2.25. The summed E-state index contributed by atoms with van der Waals surface area (Å²) >= 11 is 0. The van der Waals surface area contributed by atoms with Crippen LogP contribution in [0.1, 0.15) is 32.6 Å². The van der Waals surface area contributed by atoms with E-state index in [1.165, 1.54) is 45.3 Å². The third-order valence-corrected chi connectivity index (χ3v) is 5.37. The van der Waals surface area contributed by atoms with Crippen LogP contribution in [0, 0.1) is 11.3 Å². The highest BCUT2D eigenvalue weighted by Gasteiger charge is 2.54. The highest BCUT2D eigenvalue weighted by atomic mass is 16.5. The molecule has 3 atom stereocenters. The second-order valence-corrected chi connectivity index (χ2v) is 6.38. The Morgan fingerprint density at radius 2 is 2.12 bits per heavy atom. The van der Waals surface area contributed by atoms with Gasteiger partial charge in [0, 0.05) is 19.2 Å². The zero-order chi connectivity index (χ0) is 11.9. The van der Waals surface area contributed by atoms with Gasteiger partial charge in [0.2, 0.25) is 0 Å². The van der Waals surface area contributed by atoms with E-state index in [4.69, 9.17) is 4.74 Å². The Bertz CT molecular complexity index is 275. The summed E-state index contributed by atoms with van der Waals surface area (Å²) < 4.78 is 5.67. The van der Waals surface area contributed by atoms with Crippen LogP contribution in [0.4, 0.5) is 0 Å². The number of hydrogen-bond acceptors (Lipinski definition) is 3. The Balaban J connectivity index is 1.51. The number of piperidine rings is 1. The van der Waals surface area contributed by atoms with Crippen molar-refractivity contribution in [1.82, 2.24) is 10.2 Å². The minimum Gasteiger partial charge on any atom is -0.377 e. The predicted molar refractivity (Wildman–Crippen MR) is 69.1 cm³/mol. The normalized spacial score (nSPS) is 40.1. The number of nitrogens with one attached hydrogen (secondary N) is 1. The lowest BCUT2D eigenvalue weighted by Crippen LogP contribution is -2.39. The molecular formula is C14H26N2O. The molecular weight excluding hydrogens is 212 g/mol. The van der Waals surface area contributed by atoms with Crippen LogP contribution in [0.25, 0.3) is 0 Å². The molecule has 3 unspecified atom stereocenters. The summed E-state index contributed by atoms with van der Waals surface area (Å²) in [5.74, 6) is 0.961. The van der Waals surface area contributed by atoms with Crippen molar-refractivity contribution in [1.29, 1.82) is 0 Å². The van der Waals surface area contributed by atoms with E-state index in [1.807, 2.05) is 0 Å². The summed E-state index contributed by atoms with van der Waals surface area (Å²) in [5.41, 5.74) is 0.724. The summed E-state index contributed by atoms with van der Waals surface area (Å²) in [6.07, 6.45) is 5.94. The molecule has 1 aliphatic carbocycles. The van der Waals surface area contributed by atoms with Crippen molar-refractivity contribution in [2.24, 2.45) is 11.3 Å². The van der Waals surface area contributed by atoms with Crippen molar-refractivity contribution in [3.63, 3.8) is 0 Å². The van der Waals surface area contributed by atoms with Crippen molar-refractivity contribution in [2.75, 3.05) is 33.3 Å². The van der Waals surface area contributed by atoms with Crippen LogP contribution < -0.4 is 5.32 Å². The van der Waals surface area contributed by atoms with Crippen LogP contribution in [0.15, 0.2) is 0 Å². The maximum absolute atomic E-state index is 5.67. The van der Waals surface area contributed by atoms with Crippen molar-refractivity contribution < 1.29 is 4.74 Å². The van der Waals surface area contributed by atoms with Gasteiger partial charge in [-0.05, 0) is 64.1 Å². The van der Waals surface area contributed by atoms with E-state index in [0.717, 1.165) is 17.9 Å². The lowest BCUT2D eigenvalue weighted by molar-refractivity contribution is 0.0801. The fourth-order valence-electron chi connectivity index (χ4n) is 4.01. The van der Waals surface area contributed by atoms with Crippen LogP contribution in [0.2, 0.25) is 0 Å². The molecule has 3 heteroatoms. The lowest BCUT2D eigenvalue weighted by atomic mass is 9.91. The maximum atomic E-state index is 5.67. The topological polar surface area (TPSA) is 24.5 Å². The third-order valence-electron chi connectivity index (χ3n) is 5.37. The molecule has 0 bridgehead atoms. The molecule has 98 valence electrons. The Hall–Kier alpha value is -0.120. The summed E-state index contributed by atoms with van der Waals surface area (Å²) in [5, 5.41) is 3.48. The molecule has 3 rings (SSSR count). The monoisotopic (exact) mass is 238 g/mol. The van der Waals surface area contributed by atoms with Gasteiger partial charge in [0.15, 0.2) is 0 Å². The standard InChI is InChI=1S/C14H26N2O/c1-11-13(3-8-17-11)16(2)10-12-9-14(12)4-6-15-7-5-14/h11-13,15H,3-10H2,1-2H3. The molecule has 0 aromatic carbocycles. The zero-order valence-electron chi connectivity index (χ0n) is 11.2. The Morgan fingerprint density at radius 3 is 2.76 bits per heavy atom. The Kier molecular flexibility index (Phi) is 3.18. The van der Waals surface area contributed by atoms with Crippen LogP contribution in [-0.2, 0) is 4.74 Å². The molecule has 2 aliphatic heterocycles. The van der Waals surface area contributed by atoms with Crippen LogP contribution in [0.3, 0.4) is 0 Å². The van der Waals surface area contributed by atoms with Crippen molar-refractivity contribution >= 4 is 0 Å². The molecule has 0 radical (unpaired) electrons. The van der Waals surface area contributed by atoms with Gasteiger partial charge in [-0.2, -0.15) is 0 Å². The van der Waals surface area contributed by atoms with Crippen molar-refractivity contribution in [3.8, 4) is 0 Å². The lowest BCUT2D eigenvalue weighted by Gasteiger charge is -2.29.